The third-order valence-corrected chi connectivity index (χ3v) is 6.15. The molecular formula is C27H23ClN4O. The molecule has 1 aliphatic heterocycles. The normalized spacial score (nSPS) is 14.7. The molecule has 0 saturated heterocycles. The highest BCUT2D eigenvalue weighted by Gasteiger charge is 2.28. The molecule has 5 rings (SSSR count). The maximum absolute atomic E-state index is 13.1. The molecule has 1 atom stereocenters. The number of carbonyl (C=O) groups is 1. The summed E-state index contributed by atoms with van der Waals surface area (Å²) in [4.78, 5) is 13.1. The molecule has 2 N–H and O–H groups in total. The van der Waals surface area contributed by atoms with Crippen LogP contribution in [-0.2, 0) is 6.42 Å². The Morgan fingerprint density at radius 2 is 1.76 bits per heavy atom. The van der Waals surface area contributed by atoms with Gasteiger partial charge in [-0.3, -0.25) is 4.79 Å². The number of halogens is 1. The fourth-order valence-electron chi connectivity index (χ4n) is 4.01. The van der Waals surface area contributed by atoms with Crippen molar-refractivity contribution in [3.63, 3.8) is 0 Å². The summed E-state index contributed by atoms with van der Waals surface area (Å²) in [6.45, 7) is 2.14. The Labute approximate surface area is 197 Å². The van der Waals surface area contributed by atoms with E-state index in [2.05, 4.69) is 53.0 Å². The zero-order valence-corrected chi connectivity index (χ0v) is 18.9. The molecule has 0 bridgehead atoms. The highest BCUT2D eigenvalue weighted by Crippen LogP contribution is 2.37. The van der Waals surface area contributed by atoms with Crippen LogP contribution in [-0.4, -0.2) is 15.7 Å². The maximum Gasteiger partial charge on any atom is 0.261 e. The van der Waals surface area contributed by atoms with Crippen LogP contribution in [0.5, 0.6) is 0 Å². The van der Waals surface area contributed by atoms with Gasteiger partial charge in [0.05, 0.1) is 6.20 Å². The standard InChI is InChI=1S/C27H23ClN4O/c1-2-18-12-14-19(15-13-18)24-16-25(21-10-6-7-11-23(21)28)32-26(31-24)22(17-29-32)27(33)30-20-8-4-3-5-9-20/h3-17,25,31H,2H2,1H3,(H,30,33). The first-order valence-corrected chi connectivity index (χ1v) is 11.3. The molecule has 1 amide bonds. The third-order valence-electron chi connectivity index (χ3n) is 5.81. The number of aryl methyl sites for hydroxylation is 1. The lowest BCUT2D eigenvalue weighted by molar-refractivity contribution is 0.102. The van der Waals surface area contributed by atoms with Crippen LogP contribution in [0.2, 0.25) is 5.02 Å². The Bertz CT molecular complexity index is 1330. The van der Waals surface area contributed by atoms with Gasteiger partial charge in [0.25, 0.3) is 5.91 Å². The molecule has 5 nitrogen and oxygen atoms in total. The van der Waals surface area contributed by atoms with Gasteiger partial charge in [0.15, 0.2) is 0 Å². The van der Waals surface area contributed by atoms with E-state index in [0.717, 1.165) is 28.9 Å². The van der Waals surface area contributed by atoms with Gasteiger partial charge < -0.3 is 10.6 Å². The van der Waals surface area contributed by atoms with Crippen molar-refractivity contribution in [2.24, 2.45) is 0 Å². The lowest BCUT2D eigenvalue weighted by atomic mass is 10.00. The number of amides is 1. The summed E-state index contributed by atoms with van der Waals surface area (Å²) in [5.74, 6) is 0.404. The topological polar surface area (TPSA) is 59.0 Å². The number of aromatic nitrogens is 2. The minimum absolute atomic E-state index is 0.226. The van der Waals surface area contributed by atoms with Gasteiger partial charge in [0.1, 0.15) is 17.4 Å². The first-order valence-electron chi connectivity index (χ1n) is 10.9. The number of hydrogen-bond acceptors (Lipinski definition) is 3. The van der Waals surface area contributed by atoms with Crippen molar-refractivity contribution in [3.8, 4) is 0 Å². The second kappa shape index (κ2) is 8.96. The number of fused-ring (bicyclic) bond motifs is 1. The number of hydrogen-bond donors (Lipinski definition) is 2. The predicted octanol–water partition coefficient (Wildman–Crippen LogP) is 6.41. The fourth-order valence-corrected chi connectivity index (χ4v) is 4.25. The first kappa shape index (κ1) is 21.0. The van der Waals surface area contributed by atoms with Crippen LogP contribution in [0.15, 0.2) is 91.1 Å². The Morgan fingerprint density at radius 3 is 2.48 bits per heavy atom. The molecule has 0 fully saturated rings. The molecular weight excluding hydrogens is 432 g/mol. The van der Waals surface area contributed by atoms with Crippen LogP contribution >= 0.6 is 11.6 Å². The van der Waals surface area contributed by atoms with Crippen LogP contribution in [0.3, 0.4) is 0 Å². The van der Waals surface area contributed by atoms with E-state index in [9.17, 15) is 4.79 Å². The van der Waals surface area contributed by atoms with E-state index < -0.39 is 0 Å². The Kier molecular flexibility index (Phi) is 5.71. The number of benzene rings is 3. The fraction of sp³-hybridized carbons (Fsp3) is 0.111. The van der Waals surface area contributed by atoms with E-state index >= 15 is 0 Å². The quantitative estimate of drug-likeness (QED) is 0.366. The average molecular weight is 455 g/mol. The summed E-state index contributed by atoms with van der Waals surface area (Å²) in [5, 5.41) is 11.6. The van der Waals surface area contributed by atoms with Gasteiger partial charge in [-0.1, -0.05) is 79.2 Å². The second-order valence-electron chi connectivity index (χ2n) is 7.89. The molecule has 0 aliphatic carbocycles. The maximum atomic E-state index is 13.1. The number of para-hydroxylation sites is 1. The number of nitrogens with one attached hydrogen (secondary N) is 2. The van der Waals surface area contributed by atoms with Gasteiger partial charge in [-0.2, -0.15) is 5.10 Å². The molecule has 0 radical (unpaired) electrons. The molecule has 164 valence electrons. The smallest absolute Gasteiger partial charge is 0.261 e. The van der Waals surface area contributed by atoms with Crippen molar-refractivity contribution in [1.82, 2.24) is 9.78 Å². The molecule has 6 heteroatoms. The van der Waals surface area contributed by atoms with Crippen molar-refractivity contribution in [2.45, 2.75) is 19.4 Å². The summed E-state index contributed by atoms with van der Waals surface area (Å²) in [6, 6.07) is 25.3. The lowest BCUT2D eigenvalue weighted by Crippen LogP contribution is -2.22. The first-order chi connectivity index (χ1) is 16.1. The summed E-state index contributed by atoms with van der Waals surface area (Å²) < 4.78 is 1.81. The highest BCUT2D eigenvalue weighted by atomic mass is 35.5. The Morgan fingerprint density at radius 1 is 1.03 bits per heavy atom. The molecule has 1 aliphatic rings. The summed E-state index contributed by atoms with van der Waals surface area (Å²) >= 11 is 6.56. The largest absolute Gasteiger partial charge is 0.339 e. The summed E-state index contributed by atoms with van der Waals surface area (Å²) in [7, 11) is 0. The minimum Gasteiger partial charge on any atom is -0.339 e. The van der Waals surface area contributed by atoms with Crippen LogP contribution in [0.1, 0.15) is 40.0 Å². The van der Waals surface area contributed by atoms with Crippen molar-refractivity contribution < 1.29 is 4.79 Å². The minimum atomic E-state index is -0.255. The Balaban J connectivity index is 1.57. The van der Waals surface area contributed by atoms with E-state index in [1.807, 2.05) is 59.3 Å². The van der Waals surface area contributed by atoms with Crippen LogP contribution in [0.4, 0.5) is 11.5 Å². The monoisotopic (exact) mass is 454 g/mol. The number of nitrogens with zero attached hydrogens (tertiary/aromatic N) is 2. The van der Waals surface area contributed by atoms with Crippen molar-refractivity contribution >= 4 is 34.7 Å². The molecule has 33 heavy (non-hydrogen) atoms. The SMILES string of the molecule is CCc1ccc(C2=CC(c3ccccc3Cl)n3ncc(C(=O)Nc4ccccc4)c3N2)cc1. The van der Waals surface area contributed by atoms with E-state index in [-0.39, 0.29) is 11.9 Å². The van der Waals surface area contributed by atoms with Gasteiger partial charge in [-0.05, 0) is 47.4 Å². The van der Waals surface area contributed by atoms with Gasteiger partial charge in [-0.15, -0.1) is 0 Å². The van der Waals surface area contributed by atoms with Gasteiger partial charge >= 0.3 is 0 Å². The van der Waals surface area contributed by atoms with Gasteiger partial charge in [0.2, 0.25) is 0 Å². The molecule has 2 heterocycles. The molecule has 4 aromatic rings. The number of anilines is 2. The highest BCUT2D eigenvalue weighted by molar-refractivity contribution is 6.31. The zero-order valence-electron chi connectivity index (χ0n) is 18.1. The van der Waals surface area contributed by atoms with E-state index in [4.69, 9.17) is 11.6 Å². The molecule has 0 spiro atoms. The number of allylic oxidation sites excluding steroid dienone is 1. The lowest BCUT2D eigenvalue weighted by Gasteiger charge is -2.27. The number of carbonyl (C=O) groups excluding carboxylic acids is 1. The van der Waals surface area contributed by atoms with E-state index in [1.54, 1.807) is 6.20 Å². The summed E-state index contributed by atoms with van der Waals surface area (Å²) in [6.07, 6.45) is 4.67. The van der Waals surface area contributed by atoms with E-state index in [0.29, 0.717) is 16.4 Å². The molecule has 0 saturated carbocycles. The van der Waals surface area contributed by atoms with Crippen molar-refractivity contribution in [2.75, 3.05) is 10.6 Å². The Hall–Kier alpha value is -3.83. The van der Waals surface area contributed by atoms with E-state index in [1.165, 1.54) is 5.56 Å². The predicted molar refractivity (Wildman–Crippen MR) is 134 cm³/mol. The van der Waals surface area contributed by atoms with Gasteiger partial charge in [-0.25, -0.2) is 4.68 Å². The van der Waals surface area contributed by atoms with Crippen molar-refractivity contribution in [3.05, 3.63) is 118 Å². The van der Waals surface area contributed by atoms with Crippen LogP contribution in [0.25, 0.3) is 5.70 Å². The summed E-state index contributed by atoms with van der Waals surface area (Å²) in [5.41, 5.74) is 5.32. The van der Waals surface area contributed by atoms with Gasteiger partial charge in [0, 0.05) is 16.4 Å². The van der Waals surface area contributed by atoms with Crippen LogP contribution in [0, 0.1) is 0 Å². The van der Waals surface area contributed by atoms with Crippen molar-refractivity contribution in [1.29, 1.82) is 0 Å². The third kappa shape index (κ3) is 4.15. The zero-order chi connectivity index (χ0) is 22.8. The molecule has 1 aromatic heterocycles. The molecule has 1 unspecified atom stereocenters. The second-order valence-corrected chi connectivity index (χ2v) is 8.30. The van der Waals surface area contributed by atoms with Crippen LogP contribution < -0.4 is 10.6 Å². The molecule has 3 aromatic carbocycles. The average Bonchev–Trinajstić information content (AvgIpc) is 3.29. The number of rotatable bonds is 5.